The summed E-state index contributed by atoms with van der Waals surface area (Å²) < 4.78 is 5.92. The fraction of sp³-hybridized carbons (Fsp3) is 0.222. The van der Waals surface area contributed by atoms with Crippen LogP contribution in [0.25, 0.3) is 0 Å². The number of fused-ring (bicyclic) bond motifs is 3. The van der Waals surface area contributed by atoms with Crippen LogP contribution in [0.5, 0.6) is 11.5 Å². The first kappa shape index (κ1) is 26.8. The minimum atomic E-state index is -0.730. The highest BCUT2D eigenvalue weighted by Gasteiger charge is 2.56. The van der Waals surface area contributed by atoms with E-state index >= 15 is 0 Å². The number of Topliss-reactive ketones (excluding diaryl/α,β-unsaturated/α-hetero) is 1. The lowest BCUT2D eigenvalue weighted by molar-refractivity contribution is -0.123. The Morgan fingerprint density at radius 3 is 2.33 bits per heavy atom. The number of hydrogen-bond acceptors (Lipinski definition) is 6. The van der Waals surface area contributed by atoms with Gasteiger partial charge in [0.15, 0.2) is 11.6 Å². The van der Waals surface area contributed by atoms with Crippen LogP contribution in [0.3, 0.4) is 0 Å². The number of carbonyl (C=O) groups excluding carboxylic acids is 4. The van der Waals surface area contributed by atoms with Gasteiger partial charge in [-0.1, -0.05) is 66.2 Å². The molecule has 1 aliphatic heterocycles. The fourth-order valence-electron chi connectivity index (χ4n) is 7.15. The van der Waals surface area contributed by atoms with E-state index in [-0.39, 0.29) is 35.6 Å². The number of amides is 2. The number of hydrogen-bond donors (Lipinski definition) is 1. The normalized spacial score (nSPS) is 24.7. The van der Waals surface area contributed by atoms with E-state index in [0.29, 0.717) is 46.7 Å². The van der Waals surface area contributed by atoms with E-state index in [0.717, 1.165) is 11.1 Å². The predicted molar refractivity (Wildman–Crippen MR) is 159 cm³/mol. The molecule has 0 radical (unpaired) electrons. The molecule has 4 unspecified atom stereocenters. The van der Waals surface area contributed by atoms with Gasteiger partial charge in [-0.15, -0.1) is 0 Å². The lowest BCUT2D eigenvalue weighted by Crippen LogP contribution is -2.39. The van der Waals surface area contributed by atoms with Crippen LogP contribution in [0.15, 0.2) is 113 Å². The molecule has 43 heavy (non-hydrogen) atoms. The summed E-state index contributed by atoms with van der Waals surface area (Å²) in [6.45, 7) is 1.94. The summed E-state index contributed by atoms with van der Waals surface area (Å²) in [7, 11) is 0. The van der Waals surface area contributed by atoms with Gasteiger partial charge in [-0.05, 0) is 55.5 Å². The molecule has 1 fully saturated rings. The highest BCUT2D eigenvalue weighted by atomic mass is 16.5. The molecule has 0 aromatic heterocycles. The first-order valence-electron chi connectivity index (χ1n) is 14.5. The zero-order valence-electron chi connectivity index (χ0n) is 23.5. The van der Waals surface area contributed by atoms with Gasteiger partial charge in [0.2, 0.25) is 11.8 Å². The predicted octanol–water partition coefficient (Wildman–Crippen LogP) is 5.61. The van der Waals surface area contributed by atoms with Crippen molar-refractivity contribution in [3.63, 3.8) is 0 Å². The zero-order chi connectivity index (χ0) is 29.8. The van der Waals surface area contributed by atoms with E-state index in [1.54, 1.807) is 43.3 Å². The lowest BCUT2D eigenvalue weighted by Gasteiger charge is -2.42. The number of ether oxygens (including phenoxy) is 1. The molecule has 3 aromatic carbocycles. The van der Waals surface area contributed by atoms with Crippen LogP contribution in [0.1, 0.15) is 36.8 Å². The summed E-state index contributed by atoms with van der Waals surface area (Å²) >= 11 is 0. The summed E-state index contributed by atoms with van der Waals surface area (Å²) in [6.07, 6.45) is 3.82. The summed E-state index contributed by atoms with van der Waals surface area (Å²) in [4.78, 5) is 55.8. The number of para-hydroxylation sites is 1. The van der Waals surface area contributed by atoms with Gasteiger partial charge < -0.3 is 9.84 Å². The van der Waals surface area contributed by atoms with E-state index < -0.39 is 23.7 Å². The number of carbonyl (C=O) groups is 4. The van der Waals surface area contributed by atoms with E-state index in [1.807, 2.05) is 42.5 Å². The summed E-state index contributed by atoms with van der Waals surface area (Å²) in [6, 6.07) is 23.5. The molecule has 214 valence electrons. The van der Waals surface area contributed by atoms with Gasteiger partial charge in [0, 0.05) is 34.3 Å². The maximum absolute atomic E-state index is 13.9. The molecule has 1 N–H and O–H groups in total. The van der Waals surface area contributed by atoms with Crippen molar-refractivity contribution in [2.75, 3.05) is 4.90 Å². The number of ketones is 2. The fourth-order valence-corrected chi connectivity index (χ4v) is 7.15. The highest BCUT2D eigenvalue weighted by molar-refractivity contribution is 6.25. The Bertz CT molecular complexity index is 1780. The molecular weight excluding hydrogens is 542 g/mol. The summed E-state index contributed by atoms with van der Waals surface area (Å²) in [5, 5.41) is 11.3. The van der Waals surface area contributed by atoms with E-state index in [2.05, 4.69) is 0 Å². The van der Waals surface area contributed by atoms with Crippen LogP contribution in [0.2, 0.25) is 0 Å². The van der Waals surface area contributed by atoms with Gasteiger partial charge in [-0.25, -0.2) is 0 Å². The average Bonchev–Trinajstić information content (AvgIpc) is 3.28. The molecule has 1 saturated heterocycles. The second-order valence-corrected chi connectivity index (χ2v) is 11.6. The number of benzene rings is 3. The Kier molecular flexibility index (Phi) is 6.46. The Balaban J connectivity index is 1.29. The number of phenols is 1. The van der Waals surface area contributed by atoms with Gasteiger partial charge >= 0.3 is 0 Å². The van der Waals surface area contributed by atoms with Crippen LogP contribution >= 0.6 is 0 Å². The number of aromatic hydroxyl groups is 1. The molecule has 4 atom stereocenters. The third-order valence-corrected chi connectivity index (χ3v) is 9.14. The van der Waals surface area contributed by atoms with Crippen LogP contribution in [-0.4, -0.2) is 28.5 Å². The van der Waals surface area contributed by atoms with Gasteiger partial charge in [0.1, 0.15) is 18.1 Å². The number of nitrogens with zero attached hydrogens (tertiary/aromatic N) is 1. The van der Waals surface area contributed by atoms with Gasteiger partial charge in [0.05, 0.1) is 17.5 Å². The van der Waals surface area contributed by atoms with E-state index in [1.165, 1.54) is 17.0 Å². The van der Waals surface area contributed by atoms with Crippen molar-refractivity contribution in [2.45, 2.75) is 32.3 Å². The number of phenolic OH excluding ortho intramolecular Hbond substituents is 1. The van der Waals surface area contributed by atoms with Crippen LogP contribution in [0.4, 0.5) is 5.69 Å². The third kappa shape index (κ3) is 4.35. The molecule has 0 spiro atoms. The van der Waals surface area contributed by atoms with Crippen LogP contribution in [0, 0.1) is 17.8 Å². The molecule has 0 saturated carbocycles. The minimum Gasteiger partial charge on any atom is -0.507 e. The topological polar surface area (TPSA) is 101 Å². The number of imide groups is 1. The smallest absolute Gasteiger partial charge is 0.238 e. The summed E-state index contributed by atoms with van der Waals surface area (Å²) in [5.41, 5.74) is 3.79. The van der Waals surface area contributed by atoms with Crippen molar-refractivity contribution >= 4 is 29.1 Å². The van der Waals surface area contributed by atoms with Crippen molar-refractivity contribution in [3.05, 3.63) is 124 Å². The highest BCUT2D eigenvalue weighted by Crippen LogP contribution is 2.56. The van der Waals surface area contributed by atoms with Gasteiger partial charge in [-0.3, -0.25) is 24.1 Å². The SMILES string of the molecule is CC1=CC(=O)C2=C(C1=O)C(c1ccc(OCc3ccccc3)cc1O)C1=CCC3C(=O)N(c4ccccc4)C(=O)C3C1C2. The summed E-state index contributed by atoms with van der Waals surface area (Å²) in [5.74, 6) is -3.10. The second kappa shape index (κ2) is 10.3. The molecule has 2 amide bonds. The Hall–Kier alpha value is -5.04. The van der Waals surface area contributed by atoms with Crippen LogP contribution < -0.4 is 9.64 Å². The Morgan fingerprint density at radius 2 is 1.60 bits per heavy atom. The zero-order valence-corrected chi connectivity index (χ0v) is 23.5. The van der Waals surface area contributed by atoms with Crippen molar-refractivity contribution < 1.29 is 29.0 Å². The second-order valence-electron chi connectivity index (χ2n) is 11.6. The molecule has 7 rings (SSSR count). The van der Waals surface area contributed by atoms with E-state index in [9.17, 15) is 24.3 Å². The monoisotopic (exact) mass is 571 g/mol. The molecule has 0 bridgehead atoms. The lowest BCUT2D eigenvalue weighted by atomic mass is 9.59. The van der Waals surface area contributed by atoms with Crippen LogP contribution in [-0.2, 0) is 25.8 Å². The van der Waals surface area contributed by atoms with Crippen molar-refractivity contribution in [3.8, 4) is 11.5 Å². The first-order chi connectivity index (χ1) is 20.8. The molecule has 7 heteroatoms. The standard InChI is InChI=1S/C36H29NO6/c1-20-16-29(38)28-18-27-24(14-15-26-32(27)36(42)37(35(26)41)22-10-6-3-7-11-22)31(33(28)34(20)40)25-13-12-23(17-30(25)39)43-19-21-8-4-2-5-9-21/h2-14,16-17,26-27,31-32,39H,15,18-19H2,1H3. The van der Waals surface area contributed by atoms with Gasteiger partial charge in [-0.2, -0.15) is 0 Å². The quantitative estimate of drug-likeness (QED) is 0.243. The van der Waals surface area contributed by atoms with Crippen molar-refractivity contribution in [1.29, 1.82) is 0 Å². The number of rotatable bonds is 5. The number of allylic oxidation sites excluding steroid dienone is 6. The maximum atomic E-state index is 13.9. The Labute approximate surface area is 248 Å². The molecule has 7 nitrogen and oxygen atoms in total. The molecule has 1 heterocycles. The third-order valence-electron chi connectivity index (χ3n) is 9.14. The van der Waals surface area contributed by atoms with Crippen molar-refractivity contribution in [2.24, 2.45) is 17.8 Å². The van der Waals surface area contributed by atoms with Gasteiger partial charge in [0.25, 0.3) is 0 Å². The van der Waals surface area contributed by atoms with Crippen molar-refractivity contribution in [1.82, 2.24) is 0 Å². The number of anilines is 1. The minimum absolute atomic E-state index is 0.0710. The molecule has 3 aliphatic carbocycles. The molecular formula is C36H29NO6. The molecule has 4 aliphatic rings. The Morgan fingerprint density at radius 1 is 0.884 bits per heavy atom. The maximum Gasteiger partial charge on any atom is 0.238 e. The van der Waals surface area contributed by atoms with E-state index in [4.69, 9.17) is 4.74 Å². The molecule has 3 aromatic rings. The first-order valence-corrected chi connectivity index (χ1v) is 14.5. The largest absolute Gasteiger partial charge is 0.507 e. The average molecular weight is 572 g/mol.